The maximum Gasteiger partial charge on any atom is 0.0107 e. The summed E-state index contributed by atoms with van der Waals surface area (Å²) < 4.78 is 0. The van der Waals surface area contributed by atoms with Crippen LogP contribution in [0.25, 0.3) is 0 Å². The van der Waals surface area contributed by atoms with Crippen molar-refractivity contribution in [2.24, 2.45) is 5.92 Å². The molecule has 1 aliphatic carbocycles. The van der Waals surface area contributed by atoms with Crippen LogP contribution in [0, 0.1) is 5.92 Å². The van der Waals surface area contributed by atoms with E-state index < -0.39 is 0 Å². The molecule has 1 aliphatic rings. The van der Waals surface area contributed by atoms with Gasteiger partial charge in [-0.3, -0.25) is 0 Å². The van der Waals surface area contributed by atoms with E-state index in [-0.39, 0.29) is 0 Å². The van der Waals surface area contributed by atoms with Gasteiger partial charge >= 0.3 is 0 Å². The minimum Gasteiger partial charge on any atom is -0.314 e. The molecule has 0 aromatic heterocycles. The SMILES string of the molecule is CCNC1CCCCCC1CN(C)C(C)CCSC. The molecule has 0 aliphatic heterocycles. The van der Waals surface area contributed by atoms with Crippen LogP contribution in [0.3, 0.4) is 0 Å². The van der Waals surface area contributed by atoms with E-state index in [0.29, 0.717) is 0 Å². The quantitative estimate of drug-likeness (QED) is 0.686. The summed E-state index contributed by atoms with van der Waals surface area (Å²) in [6, 6.07) is 1.47. The van der Waals surface area contributed by atoms with Crippen LogP contribution in [-0.4, -0.2) is 49.1 Å². The first-order chi connectivity index (χ1) is 9.19. The van der Waals surface area contributed by atoms with E-state index in [1.54, 1.807) is 0 Å². The number of nitrogens with zero attached hydrogens (tertiary/aromatic N) is 1. The van der Waals surface area contributed by atoms with Crippen molar-refractivity contribution >= 4 is 11.8 Å². The summed E-state index contributed by atoms with van der Waals surface area (Å²) in [4.78, 5) is 2.59. The molecule has 114 valence electrons. The first kappa shape index (κ1) is 17.3. The fourth-order valence-electron chi connectivity index (χ4n) is 3.19. The predicted molar refractivity (Wildman–Crippen MR) is 89.1 cm³/mol. The van der Waals surface area contributed by atoms with Gasteiger partial charge < -0.3 is 10.2 Å². The molecule has 3 heteroatoms. The maximum absolute atomic E-state index is 3.73. The van der Waals surface area contributed by atoms with E-state index in [9.17, 15) is 0 Å². The standard InChI is InChI=1S/C16H34N2S/c1-5-17-16-10-8-6-7-9-15(16)13-18(3)14(2)11-12-19-4/h14-17H,5-13H2,1-4H3. The Labute approximate surface area is 125 Å². The number of thioether (sulfide) groups is 1. The van der Waals surface area contributed by atoms with Crippen molar-refractivity contribution in [3.63, 3.8) is 0 Å². The first-order valence-corrected chi connectivity index (χ1v) is 9.51. The highest BCUT2D eigenvalue weighted by Gasteiger charge is 2.25. The Morgan fingerprint density at radius 2 is 2.00 bits per heavy atom. The number of rotatable bonds is 8. The van der Waals surface area contributed by atoms with Gasteiger partial charge in [-0.15, -0.1) is 0 Å². The summed E-state index contributed by atoms with van der Waals surface area (Å²) in [5.74, 6) is 2.14. The van der Waals surface area contributed by atoms with Crippen LogP contribution in [0.5, 0.6) is 0 Å². The lowest BCUT2D eigenvalue weighted by Crippen LogP contribution is -2.43. The predicted octanol–water partition coefficient (Wildman–Crippen LogP) is 3.62. The molecule has 0 aromatic rings. The van der Waals surface area contributed by atoms with Gasteiger partial charge in [-0.2, -0.15) is 11.8 Å². The van der Waals surface area contributed by atoms with E-state index >= 15 is 0 Å². The van der Waals surface area contributed by atoms with E-state index in [1.807, 2.05) is 11.8 Å². The molecule has 0 spiro atoms. The number of hydrogen-bond donors (Lipinski definition) is 1. The van der Waals surface area contributed by atoms with Crippen molar-refractivity contribution < 1.29 is 0 Å². The third-order valence-electron chi connectivity index (χ3n) is 4.64. The fraction of sp³-hybridized carbons (Fsp3) is 1.00. The van der Waals surface area contributed by atoms with Gasteiger partial charge in [0.05, 0.1) is 0 Å². The van der Waals surface area contributed by atoms with Crippen molar-refractivity contribution in [1.82, 2.24) is 10.2 Å². The van der Waals surface area contributed by atoms with Crippen LogP contribution in [0.1, 0.15) is 52.4 Å². The molecular formula is C16H34N2S. The van der Waals surface area contributed by atoms with E-state index in [1.165, 1.54) is 50.8 Å². The minimum atomic E-state index is 0.720. The summed E-state index contributed by atoms with van der Waals surface area (Å²) >= 11 is 1.97. The van der Waals surface area contributed by atoms with E-state index in [0.717, 1.165) is 24.5 Å². The highest BCUT2D eigenvalue weighted by Crippen LogP contribution is 2.25. The van der Waals surface area contributed by atoms with Crippen molar-refractivity contribution in [3.05, 3.63) is 0 Å². The highest BCUT2D eigenvalue weighted by molar-refractivity contribution is 7.98. The van der Waals surface area contributed by atoms with Gasteiger partial charge in [0.2, 0.25) is 0 Å². The Kier molecular flexibility index (Phi) is 9.17. The van der Waals surface area contributed by atoms with Crippen molar-refractivity contribution in [2.45, 2.75) is 64.5 Å². The smallest absolute Gasteiger partial charge is 0.0107 e. The zero-order chi connectivity index (χ0) is 14.1. The van der Waals surface area contributed by atoms with Crippen molar-refractivity contribution in [1.29, 1.82) is 0 Å². The molecule has 0 heterocycles. The summed E-state index contributed by atoms with van der Waals surface area (Å²) in [6.45, 7) is 7.02. The second kappa shape index (κ2) is 10.1. The number of nitrogens with one attached hydrogen (secondary N) is 1. The average Bonchev–Trinajstić information content (AvgIpc) is 2.62. The fourth-order valence-corrected chi connectivity index (χ4v) is 3.77. The van der Waals surface area contributed by atoms with E-state index in [2.05, 4.69) is 37.4 Å². The number of hydrogen-bond acceptors (Lipinski definition) is 3. The molecule has 0 radical (unpaired) electrons. The zero-order valence-corrected chi connectivity index (χ0v) is 14.3. The Morgan fingerprint density at radius 3 is 2.68 bits per heavy atom. The molecule has 0 aromatic carbocycles. The lowest BCUT2D eigenvalue weighted by atomic mass is 9.93. The monoisotopic (exact) mass is 286 g/mol. The first-order valence-electron chi connectivity index (χ1n) is 8.11. The van der Waals surface area contributed by atoms with Crippen molar-refractivity contribution in [2.75, 3.05) is 32.1 Å². The lowest BCUT2D eigenvalue weighted by molar-refractivity contribution is 0.183. The van der Waals surface area contributed by atoms with Gasteiger partial charge in [-0.1, -0.05) is 26.2 Å². The summed E-state index contributed by atoms with van der Waals surface area (Å²) in [5, 5.41) is 3.73. The van der Waals surface area contributed by atoms with Crippen LogP contribution in [0.15, 0.2) is 0 Å². The van der Waals surface area contributed by atoms with E-state index in [4.69, 9.17) is 0 Å². The maximum atomic E-state index is 3.73. The molecule has 1 saturated carbocycles. The van der Waals surface area contributed by atoms with Gasteiger partial charge in [-0.25, -0.2) is 0 Å². The van der Waals surface area contributed by atoms with Crippen LogP contribution in [0.4, 0.5) is 0 Å². The molecule has 1 fully saturated rings. The molecule has 0 saturated heterocycles. The molecule has 19 heavy (non-hydrogen) atoms. The second-order valence-corrected chi connectivity index (χ2v) is 7.12. The van der Waals surface area contributed by atoms with Crippen LogP contribution >= 0.6 is 11.8 Å². The molecule has 1 N–H and O–H groups in total. The Hall–Kier alpha value is 0.270. The van der Waals surface area contributed by atoms with Gasteiger partial charge in [0.25, 0.3) is 0 Å². The third kappa shape index (κ3) is 6.50. The summed E-state index contributed by atoms with van der Waals surface area (Å²) in [5.41, 5.74) is 0. The highest BCUT2D eigenvalue weighted by atomic mass is 32.2. The van der Waals surface area contributed by atoms with Crippen LogP contribution in [0.2, 0.25) is 0 Å². The van der Waals surface area contributed by atoms with Crippen molar-refractivity contribution in [3.8, 4) is 0 Å². The zero-order valence-electron chi connectivity index (χ0n) is 13.5. The topological polar surface area (TPSA) is 15.3 Å². The minimum absolute atomic E-state index is 0.720. The largest absolute Gasteiger partial charge is 0.314 e. The van der Waals surface area contributed by atoms with Gasteiger partial charge in [0.15, 0.2) is 0 Å². The molecular weight excluding hydrogens is 252 g/mol. The molecule has 0 bridgehead atoms. The van der Waals surface area contributed by atoms with Gasteiger partial charge in [0, 0.05) is 18.6 Å². The molecule has 3 unspecified atom stereocenters. The molecule has 3 atom stereocenters. The lowest BCUT2D eigenvalue weighted by Gasteiger charge is -2.33. The summed E-state index contributed by atoms with van der Waals surface area (Å²) in [6.07, 6.45) is 10.6. The second-order valence-electron chi connectivity index (χ2n) is 6.13. The van der Waals surface area contributed by atoms with Crippen LogP contribution < -0.4 is 5.32 Å². The van der Waals surface area contributed by atoms with Crippen LogP contribution in [-0.2, 0) is 0 Å². The molecule has 0 amide bonds. The molecule has 1 rings (SSSR count). The normalized spacial score (nSPS) is 26.4. The summed E-state index contributed by atoms with van der Waals surface area (Å²) in [7, 11) is 2.32. The van der Waals surface area contributed by atoms with Gasteiger partial charge in [-0.05, 0) is 57.7 Å². The molecule has 2 nitrogen and oxygen atoms in total. The van der Waals surface area contributed by atoms with Gasteiger partial charge in [0.1, 0.15) is 0 Å². The Morgan fingerprint density at radius 1 is 1.26 bits per heavy atom. The average molecular weight is 287 g/mol. The Balaban J connectivity index is 2.45. The third-order valence-corrected chi connectivity index (χ3v) is 5.28. The Bertz CT molecular complexity index is 223.